The predicted molar refractivity (Wildman–Crippen MR) is 100 cm³/mol. The molecule has 0 amide bonds. The first-order valence-corrected chi connectivity index (χ1v) is 8.29. The molecule has 2 aromatic carbocycles. The second-order valence-corrected chi connectivity index (χ2v) is 5.87. The number of hydrogen-bond donors (Lipinski definition) is 2. The van der Waals surface area contributed by atoms with Crippen molar-refractivity contribution < 1.29 is 4.74 Å². The molecule has 0 fully saturated rings. The van der Waals surface area contributed by atoms with Crippen molar-refractivity contribution in [2.75, 3.05) is 20.7 Å². The Morgan fingerprint density at radius 1 is 1.04 bits per heavy atom. The fourth-order valence-corrected chi connectivity index (χ4v) is 2.55. The van der Waals surface area contributed by atoms with E-state index in [-0.39, 0.29) is 0 Å². The van der Waals surface area contributed by atoms with Gasteiger partial charge in [-0.05, 0) is 22.6 Å². The van der Waals surface area contributed by atoms with Gasteiger partial charge in [0.15, 0.2) is 5.96 Å². The molecule has 0 radical (unpaired) electrons. The van der Waals surface area contributed by atoms with Gasteiger partial charge >= 0.3 is 0 Å². The Labute approximate surface area is 145 Å². The molecule has 2 aromatic rings. The minimum Gasteiger partial charge on any atom is -0.380 e. The number of nitrogens with one attached hydrogen (secondary N) is 2. The fraction of sp³-hybridized carbons (Fsp3) is 0.350. The first-order valence-electron chi connectivity index (χ1n) is 8.29. The molecule has 2 rings (SSSR count). The molecule has 0 aliphatic heterocycles. The van der Waals surface area contributed by atoms with E-state index in [1.54, 1.807) is 14.2 Å². The summed E-state index contributed by atoms with van der Waals surface area (Å²) in [6.07, 6.45) is 0. The van der Waals surface area contributed by atoms with Crippen LogP contribution in [0, 0.1) is 0 Å². The van der Waals surface area contributed by atoms with Crippen LogP contribution in [0.25, 0.3) is 0 Å². The van der Waals surface area contributed by atoms with E-state index in [0.29, 0.717) is 12.5 Å². The van der Waals surface area contributed by atoms with Gasteiger partial charge in [-0.25, -0.2) is 0 Å². The number of guanidine groups is 1. The number of nitrogens with zero attached hydrogens (tertiary/aromatic N) is 1. The van der Waals surface area contributed by atoms with Crippen molar-refractivity contribution in [2.24, 2.45) is 4.99 Å². The smallest absolute Gasteiger partial charge is 0.191 e. The van der Waals surface area contributed by atoms with Crippen LogP contribution in [0.15, 0.2) is 59.6 Å². The van der Waals surface area contributed by atoms with Gasteiger partial charge in [0.05, 0.1) is 6.61 Å². The lowest BCUT2D eigenvalue weighted by molar-refractivity contribution is 0.185. The third-order valence-corrected chi connectivity index (χ3v) is 3.93. The van der Waals surface area contributed by atoms with Crippen LogP contribution in [0.5, 0.6) is 0 Å². The minimum absolute atomic E-state index is 0.426. The molecule has 4 heteroatoms. The van der Waals surface area contributed by atoms with E-state index in [1.165, 1.54) is 16.7 Å². The van der Waals surface area contributed by atoms with Crippen molar-refractivity contribution in [3.63, 3.8) is 0 Å². The first-order chi connectivity index (χ1) is 11.7. The average molecular weight is 325 g/mol. The maximum atomic E-state index is 5.18. The quantitative estimate of drug-likeness (QED) is 0.606. The van der Waals surface area contributed by atoms with Gasteiger partial charge in [-0.15, -0.1) is 0 Å². The van der Waals surface area contributed by atoms with E-state index in [2.05, 4.69) is 71.1 Å². The summed E-state index contributed by atoms with van der Waals surface area (Å²) in [5.74, 6) is 1.24. The second-order valence-electron chi connectivity index (χ2n) is 5.87. The van der Waals surface area contributed by atoms with Gasteiger partial charge in [0.2, 0.25) is 0 Å². The molecular formula is C20H27N3O. The summed E-state index contributed by atoms with van der Waals surface area (Å²) in [6, 6.07) is 18.9. The third-order valence-electron chi connectivity index (χ3n) is 3.93. The monoisotopic (exact) mass is 325 g/mol. The second kappa shape index (κ2) is 9.73. The topological polar surface area (TPSA) is 45.7 Å². The number of ether oxygens (including phenoxy) is 1. The van der Waals surface area contributed by atoms with Crippen LogP contribution >= 0.6 is 0 Å². The first kappa shape index (κ1) is 18.0. The van der Waals surface area contributed by atoms with Crippen LogP contribution < -0.4 is 10.6 Å². The van der Waals surface area contributed by atoms with Crippen molar-refractivity contribution in [1.29, 1.82) is 0 Å². The van der Waals surface area contributed by atoms with Crippen LogP contribution in [-0.2, 0) is 17.9 Å². The Balaban J connectivity index is 1.83. The minimum atomic E-state index is 0.426. The molecule has 2 N–H and O–H groups in total. The highest BCUT2D eigenvalue weighted by atomic mass is 16.5. The molecule has 1 atom stereocenters. The molecule has 0 saturated carbocycles. The summed E-state index contributed by atoms with van der Waals surface area (Å²) in [5, 5.41) is 6.75. The zero-order valence-electron chi connectivity index (χ0n) is 14.8. The van der Waals surface area contributed by atoms with Crippen LogP contribution in [0.3, 0.4) is 0 Å². The standard InChI is InChI=1S/C20H27N3O/c1-16(19-10-5-4-6-11-19)13-22-20(21-2)23-14-17-8-7-9-18(12-17)15-24-3/h4-12,16H,13-15H2,1-3H3,(H2,21,22,23). The molecule has 0 saturated heterocycles. The number of rotatable bonds is 7. The maximum Gasteiger partial charge on any atom is 0.191 e. The zero-order valence-corrected chi connectivity index (χ0v) is 14.8. The molecular weight excluding hydrogens is 298 g/mol. The molecule has 4 nitrogen and oxygen atoms in total. The number of aliphatic imine (C=N–C) groups is 1. The Hall–Kier alpha value is -2.33. The van der Waals surface area contributed by atoms with E-state index in [0.717, 1.165) is 19.0 Å². The van der Waals surface area contributed by atoms with Crippen molar-refractivity contribution in [1.82, 2.24) is 10.6 Å². The molecule has 0 aliphatic carbocycles. The van der Waals surface area contributed by atoms with Gasteiger partial charge in [-0.3, -0.25) is 4.99 Å². The molecule has 0 aromatic heterocycles. The maximum absolute atomic E-state index is 5.18. The molecule has 0 spiro atoms. The van der Waals surface area contributed by atoms with Gasteiger partial charge in [-0.1, -0.05) is 61.5 Å². The van der Waals surface area contributed by atoms with Gasteiger partial charge < -0.3 is 15.4 Å². The lowest BCUT2D eigenvalue weighted by Crippen LogP contribution is -2.38. The van der Waals surface area contributed by atoms with Crippen LogP contribution in [0.1, 0.15) is 29.5 Å². The Bertz CT molecular complexity index is 640. The summed E-state index contributed by atoms with van der Waals surface area (Å²) >= 11 is 0. The highest BCUT2D eigenvalue weighted by molar-refractivity contribution is 5.79. The van der Waals surface area contributed by atoms with Gasteiger partial charge in [0.25, 0.3) is 0 Å². The summed E-state index contributed by atoms with van der Waals surface area (Å²) in [6.45, 7) is 4.42. The van der Waals surface area contributed by atoms with Crippen LogP contribution in [0.2, 0.25) is 0 Å². The average Bonchev–Trinajstić information content (AvgIpc) is 2.63. The van der Waals surface area contributed by atoms with E-state index >= 15 is 0 Å². The normalized spacial score (nSPS) is 12.7. The highest BCUT2D eigenvalue weighted by Gasteiger charge is 2.06. The van der Waals surface area contributed by atoms with E-state index < -0.39 is 0 Å². The number of hydrogen-bond acceptors (Lipinski definition) is 2. The zero-order chi connectivity index (χ0) is 17.2. The molecule has 24 heavy (non-hydrogen) atoms. The fourth-order valence-electron chi connectivity index (χ4n) is 2.55. The Kier molecular flexibility index (Phi) is 7.30. The molecule has 0 heterocycles. The molecule has 0 bridgehead atoms. The lowest BCUT2D eigenvalue weighted by atomic mass is 10.0. The van der Waals surface area contributed by atoms with Gasteiger partial charge in [0.1, 0.15) is 0 Å². The number of benzene rings is 2. The summed E-state index contributed by atoms with van der Waals surface area (Å²) < 4.78 is 5.18. The third kappa shape index (κ3) is 5.70. The summed E-state index contributed by atoms with van der Waals surface area (Å²) in [7, 11) is 3.51. The van der Waals surface area contributed by atoms with Gasteiger partial charge in [0, 0.05) is 27.2 Å². The summed E-state index contributed by atoms with van der Waals surface area (Å²) in [4.78, 5) is 4.30. The Morgan fingerprint density at radius 3 is 2.50 bits per heavy atom. The highest BCUT2D eigenvalue weighted by Crippen LogP contribution is 2.13. The van der Waals surface area contributed by atoms with Crippen molar-refractivity contribution in [3.8, 4) is 0 Å². The molecule has 0 aliphatic rings. The lowest BCUT2D eigenvalue weighted by Gasteiger charge is -2.16. The number of methoxy groups -OCH3 is 1. The molecule has 1 unspecified atom stereocenters. The Morgan fingerprint density at radius 2 is 1.79 bits per heavy atom. The van der Waals surface area contributed by atoms with Gasteiger partial charge in [-0.2, -0.15) is 0 Å². The van der Waals surface area contributed by atoms with E-state index in [9.17, 15) is 0 Å². The molecule has 128 valence electrons. The van der Waals surface area contributed by atoms with Crippen molar-refractivity contribution >= 4 is 5.96 Å². The van der Waals surface area contributed by atoms with E-state index in [1.807, 2.05) is 6.07 Å². The SMILES string of the molecule is CN=C(NCc1cccc(COC)c1)NCC(C)c1ccccc1. The van der Waals surface area contributed by atoms with Crippen LogP contribution in [-0.4, -0.2) is 26.7 Å². The largest absolute Gasteiger partial charge is 0.380 e. The van der Waals surface area contributed by atoms with Crippen molar-refractivity contribution in [3.05, 3.63) is 71.3 Å². The van der Waals surface area contributed by atoms with Crippen LogP contribution in [0.4, 0.5) is 0 Å². The summed E-state index contributed by atoms with van der Waals surface area (Å²) in [5.41, 5.74) is 3.72. The van der Waals surface area contributed by atoms with Crippen molar-refractivity contribution in [2.45, 2.75) is 26.0 Å². The van der Waals surface area contributed by atoms with E-state index in [4.69, 9.17) is 4.74 Å². The predicted octanol–water partition coefficient (Wildman–Crippen LogP) is 3.30.